The Labute approximate surface area is 273 Å². The molecule has 1 atom stereocenters. The molecule has 0 spiro atoms. The molecule has 4 aromatic carbocycles. The van der Waals surface area contributed by atoms with E-state index in [4.69, 9.17) is 10.3 Å². The molecule has 0 bridgehead atoms. The summed E-state index contributed by atoms with van der Waals surface area (Å²) >= 11 is 0. The molecule has 0 radical (unpaired) electrons. The summed E-state index contributed by atoms with van der Waals surface area (Å²) in [5.41, 5.74) is 9.28. The summed E-state index contributed by atoms with van der Waals surface area (Å²) < 4.78 is 0. The topological polar surface area (TPSA) is 27.0 Å². The van der Waals surface area contributed by atoms with E-state index in [-0.39, 0.29) is 46.7 Å². The summed E-state index contributed by atoms with van der Waals surface area (Å²) in [6.45, 7) is 9.01. The number of aryl methyl sites for hydroxylation is 2. The van der Waals surface area contributed by atoms with Gasteiger partial charge in [0.25, 0.3) is 0 Å². The molecule has 0 aliphatic carbocycles. The van der Waals surface area contributed by atoms with Crippen molar-refractivity contribution in [2.75, 3.05) is 0 Å². The van der Waals surface area contributed by atoms with E-state index in [0.717, 1.165) is 48.3 Å². The summed E-state index contributed by atoms with van der Waals surface area (Å²) in [5.74, 6) is 0.384. The first kappa shape index (κ1) is 35.2. The zero-order valence-corrected chi connectivity index (χ0v) is 29.7. The number of pyridine rings is 1. The minimum absolute atomic E-state index is 0. The van der Waals surface area contributed by atoms with Gasteiger partial charge >= 0.3 is 25.8 Å². The molecule has 0 fully saturated rings. The van der Waals surface area contributed by atoms with Crippen molar-refractivity contribution in [1.82, 2.24) is 4.98 Å². The standard InChI is InChI=1S/C37H38N2.2CH3.Hf/c1-5-14-28-18-11-19-29(15-6-2)36(28)39-37(33-22-10-9-20-30(33)26(3)4)35-25-13-24-34(38-35)32-23-12-17-27-16-7-8-21-31(27)32;;;/h7-13,16-22,24-26,37H,5-6,14-15H2,1-4H3;2*1H3;/q-2;2*-1;+4. The van der Waals surface area contributed by atoms with E-state index >= 15 is 0 Å². The molecule has 2 nitrogen and oxygen atoms in total. The minimum atomic E-state index is -0.202. The van der Waals surface area contributed by atoms with Crippen molar-refractivity contribution in [2.24, 2.45) is 0 Å². The van der Waals surface area contributed by atoms with Crippen molar-refractivity contribution < 1.29 is 25.8 Å². The van der Waals surface area contributed by atoms with Crippen LogP contribution in [0.1, 0.15) is 80.4 Å². The van der Waals surface area contributed by atoms with Gasteiger partial charge in [-0.2, -0.15) is 0 Å². The Kier molecular flexibility index (Phi) is 13.9. The predicted molar refractivity (Wildman–Crippen MR) is 179 cm³/mol. The van der Waals surface area contributed by atoms with Gasteiger partial charge in [-0.1, -0.05) is 141 Å². The number of para-hydroxylation sites is 1. The van der Waals surface area contributed by atoms with E-state index in [2.05, 4.69) is 125 Å². The maximum absolute atomic E-state index is 5.60. The van der Waals surface area contributed by atoms with Gasteiger partial charge in [0.1, 0.15) is 0 Å². The van der Waals surface area contributed by atoms with Gasteiger partial charge < -0.3 is 25.2 Å². The molecule has 0 aliphatic heterocycles. The normalized spacial score (nSPS) is 11.3. The summed E-state index contributed by atoms with van der Waals surface area (Å²) in [6, 6.07) is 37.7. The molecule has 1 heterocycles. The molecular weight excluding hydrogens is 675 g/mol. The summed E-state index contributed by atoms with van der Waals surface area (Å²) in [7, 11) is 0. The molecule has 214 valence electrons. The summed E-state index contributed by atoms with van der Waals surface area (Å²) in [6.07, 6.45) is 4.23. The monoisotopic (exact) mass is 720 g/mol. The maximum Gasteiger partial charge on any atom is 4.00 e. The Morgan fingerprint density at radius 3 is 2.00 bits per heavy atom. The van der Waals surface area contributed by atoms with Gasteiger partial charge in [0.05, 0.1) is 0 Å². The average molecular weight is 719 g/mol. The Balaban J connectivity index is 0.00000205. The van der Waals surface area contributed by atoms with E-state index in [0.29, 0.717) is 5.92 Å². The van der Waals surface area contributed by atoms with Crippen molar-refractivity contribution in [3.63, 3.8) is 0 Å². The molecule has 5 rings (SSSR count). The van der Waals surface area contributed by atoms with Crippen LogP contribution in [0.15, 0.2) is 97.1 Å². The second-order valence-electron chi connectivity index (χ2n) is 10.6. The molecule has 0 amide bonds. The van der Waals surface area contributed by atoms with Crippen LogP contribution in [-0.2, 0) is 38.7 Å². The molecule has 0 N–H and O–H groups in total. The number of hydrogen-bond donors (Lipinski definition) is 0. The van der Waals surface area contributed by atoms with Crippen molar-refractivity contribution in [3.05, 3.63) is 151 Å². The third-order valence-corrected chi connectivity index (χ3v) is 7.44. The van der Waals surface area contributed by atoms with Crippen molar-refractivity contribution >= 4 is 16.5 Å². The van der Waals surface area contributed by atoms with Gasteiger partial charge in [-0.25, -0.2) is 0 Å². The van der Waals surface area contributed by atoms with Crippen LogP contribution in [-0.4, -0.2) is 4.98 Å². The first-order valence-corrected chi connectivity index (χ1v) is 14.4. The molecule has 0 saturated heterocycles. The van der Waals surface area contributed by atoms with Crippen LogP contribution < -0.4 is 0 Å². The van der Waals surface area contributed by atoms with E-state index < -0.39 is 0 Å². The Morgan fingerprint density at radius 1 is 0.714 bits per heavy atom. The fraction of sp³-hybridized carbons (Fsp3) is 0.256. The zero-order valence-electron chi connectivity index (χ0n) is 26.1. The average Bonchev–Trinajstić information content (AvgIpc) is 2.97. The van der Waals surface area contributed by atoms with E-state index in [1.165, 1.54) is 33.0 Å². The van der Waals surface area contributed by atoms with Gasteiger partial charge in [0, 0.05) is 5.69 Å². The van der Waals surface area contributed by atoms with Crippen LogP contribution in [0.25, 0.3) is 27.3 Å². The van der Waals surface area contributed by atoms with E-state index in [1.54, 1.807) is 0 Å². The first-order chi connectivity index (χ1) is 19.1. The predicted octanol–water partition coefficient (Wildman–Crippen LogP) is 11.4. The van der Waals surface area contributed by atoms with Gasteiger partial charge in [0.2, 0.25) is 0 Å². The number of rotatable bonds is 10. The summed E-state index contributed by atoms with van der Waals surface area (Å²) in [5, 5.41) is 7.97. The van der Waals surface area contributed by atoms with Gasteiger partial charge in [-0.15, -0.1) is 34.8 Å². The van der Waals surface area contributed by atoms with Crippen LogP contribution in [0.2, 0.25) is 0 Å². The molecular formula is C39H44HfN2. The van der Waals surface area contributed by atoms with Crippen LogP contribution >= 0.6 is 0 Å². The fourth-order valence-electron chi connectivity index (χ4n) is 5.58. The van der Waals surface area contributed by atoms with Crippen molar-refractivity contribution in [2.45, 2.75) is 65.3 Å². The van der Waals surface area contributed by atoms with Crippen molar-refractivity contribution in [3.8, 4) is 11.3 Å². The third kappa shape index (κ3) is 7.67. The number of aromatic nitrogens is 1. The van der Waals surface area contributed by atoms with Crippen LogP contribution in [0.4, 0.5) is 5.69 Å². The Bertz CT molecular complexity index is 1530. The molecule has 0 saturated carbocycles. The molecule has 5 aromatic rings. The number of hydrogen-bond acceptors (Lipinski definition) is 1. The molecule has 0 aliphatic rings. The van der Waals surface area contributed by atoms with Gasteiger partial charge in [-0.3, -0.25) is 0 Å². The molecule has 1 aromatic heterocycles. The molecule has 42 heavy (non-hydrogen) atoms. The quantitative estimate of drug-likeness (QED) is 0.104. The van der Waals surface area contributed by atoms with E-state index in [1.807, 2.05) is 6.07 Å². The van der Waals surface area contributed by atoms with Crippen LogP contribution in [0, 0.1) is 20.9 Å². The minimum Gasteiger partial charge on any atom is -0.673 e. The smallest absolute Gasteiger partial charge is 0.673 e. The largest absolute Gasteiger partial charge is 4.00 e. The van der Waals surface area contributed by atoms with Gasteiger partial charge in [0.15, 0.2) is 0 Å². The Hall–Kier alpha value is -3.04. The third-order valence-electron chi connectivity index (χ3n) is 7.44. The number of nitrogens with zero attached hydrogens (tertiary/aromatic N) is 2. The first-order valence-electron chi connectivity index (χ1n) is 14.4. The van der Waals surface area contributed by atoms with Crippen molar-refractivity contribution in [1.29, 1.82) is 0 Å². The molecule has 3 heteroatoms. The second-order valence-corrected chi connectivity index (χ2v) is 10.6. The van der Waals surface area contributed by atoms with E-state index in [9.17, 15) is 0 Å². The fourth-order valence-corrected chi connectivity index (χ4v) is 5.58. The summed E-state index contributed by atoms with van der Waals surface area (Å²) in [4.78, 5) is 5.29. The number of benzene rings is 4. The Morgan fingerprint density at radius 2 is 1.33 bits per heavy atom. The van der Waals surface area contributed by atoms with Gasteiger partial charge in [-0.05, 0) is 42.1 Å². The molecule has 1 unspecified atom stereocenters. The zero-order chi connectivity index (χ0) is 27.2. The number of fused-ring (bicyclic) bond motifs is 1. The van der Waals surface area contributed by atoms with Crippen LogP contribution in [0.3, 0.4) is 0 Å². The second kappa shape index (κ2) is 16.6. The maximum atomic E-state index is 5.60. The van der Waals surface area contributed by atoms with Crippen LogP contribution in [0.5, 0.6) is 0 Å². The SMILES string of the molecule is CCCc1cccc(CCC)c1[N-]C(c1cccc(-c2[c-]ccc3ccccc23)n1)c1ccccc1C(C)C.[CH3-].[CH3-].[Hf+4].